The molecule has 0 amide bonds. The Labute approximate surface area is 71.1 Å². The van der Waals surface area contributed by atoms with Crippen LogP contribution in [-0.4, -0.2) is 33.8 Å². The molecule has 2 aliphatic heterocycles. The average molecular weight is 225 g/mol. The first-order valence-electron chi connectivity index (χ1n) is 3.10. The van der Waals surface area contributed by atoms with Crippen molar-refractivity contribution in [3.05, 3.63) is 0 Å². The molecule has 2 atom stereocenters. The first-order valence-corrected chi connectivity index (χ1v) is 6.79. The Kier molecular flexibility index (Phi) is 1.44. The number of rotatable bonds is 2. The van der Waals surface area contributed by atoms with Gasteiger partial charge in [0.25, 0.3) is 0 Å². The zero-order valence-electron chi connectivity index (χ0n) is 5.64. The van der Waals surface area contributed by atoms with Crippen molar-refractivity contribution in [2.24, 2.45) is 0 Å². The molecule has 0 spiro atoms. The second kappa shape index (κ2) is 1.88. The van der Waals surface area contributed by atoms with Crippen molar-refractivity contribution in [3.63, 3.8) is 0 Å². The van der Waals surface area contributed by atoms with Gasteiger partial charge >= 0.3 is 71.1 Å². The van der Waals surface area contributed by atoms with Crippen molar-refractivity contribution >= 4 is 38.5 Å². The van der Waals surface area contributed by atoms with E-state index in [0.717, 1.165) is 22.2 Å². The molecule has 0 N–H and O–H groups in total. The summed E-state index contributed by atoms with van der Waals surface area (Å²) in [6.45, 7) is 4.84. The molecular formula is C6H10S2Se. The van der Waals surface area contributed by atoms with Crippen molar-refractivity contribution < 1.29 is 0 Å². The second-order valence-corrected chi connectivity index (χ2v) is 11.3. The van der Waals surface area contributed by atoms with E-state index in [1.165, 1.54) is 11.5 Å². The minimum atomic E-state index is 0.755. The van der Waals surface area contributed by atoms with Crippen LogP contribution in [0.1, 0.15) is 13.8 Å². The van der Waals surface area contributed by atoms with Gasteiger partial charge in [-0.15, -0.1) is 0 Å². The fourth-order valence-corrected chi connectivity index (χ4v) is 7.75. The number of hydrogen-bond acceptors (Lipinski definition) is 2. The Morgan fingerprint density at radius 1 is 1.11 bits per heavy atom. The Morgan fingerprint density at radius 3 is 1.67 bits per heavy atom. The molecule has 2 aliphatic rings. The van der Waals surface area contributed by atoms with Crippen LogP contribution in [0, 0.1) is 0 Å². The van der Waals surface area contributed by atoms with Crippen LogP contribution in [-0.2, 0) is 0 Å². The van der Waals surface area contributed by atoms with Gasteiger partial charge in [-0.1, -0.05) is 0 Å². The summed E-state index contributed by atoms with van der Waals surface area (Å²) in [5.74, 6) is 2.87. The third kappa shape index (κ3) is 1.62. The van der Waals surface area contributed by atoms with E-state index >= 15 is 0 Å². The van der Waals surface area contributed by atoms with Crippen LogP contribution in [0.15, 0.2) is 0 Å². The molecule has 3 heteroatoms. The zero-order chi connectivity index (χ0) is 6.54. The average Bonchev–Trinajstić information content (AvgIpc) is 2.55. The normalized spacial score (nSPS) is 55.3. The quantitative estimate of drug-likeness (QED) is 0.517. The first-order chi connectivity index (χ1) is 4.12. The Hall–Kier alpha value is 1.22. The van der Waals surface area contributed by atoms with E-state index in [-0.39, 0.29) is 0 Å². The SMILES string of the molecule is CC1([Se]C2(C)CS2)CS1. The van der Waals surface area contributed by atoms with Gasteiger partial charge in [0.15, 0.2) is 0 Å². The van der Waals surface area contributed by atoms with Crippen molar-refractivity contribution in [2.75, 3.05) is 11.5 Å². The number of thioether (sulfide) groups is 2. The summed E-state index contributed by atoms with van der Waals surface area (Å²) >= 11 is 5.20. The van der Waals surface area contributed by atoms with Gasteiger partial charge < -0.3 is 0 Å². The molecule has 2 saturated heterocycles. The van der Waals surface area contributed by atoms with Gasteiger partial charge in [0.05, 0.1) is 0 Å². The summed E-state index contributed by atoms with van der Waals surface area (Å²) in [5.41, 5.74) is 0. The predicted octanol–water partition coefficient (Wildman–Crippen LogP) is 1.62. The molecule has 2 fully saturated rings. The van der Waals surface area contributed by atoms with Crippen molar-refractivity contribution in [1.29, 1.82) is 0 Å². The molecule has 2 heterocycles. The van der Waals surface area contributed by atoms with Crippen LogP contribution >= 0.6 is 23.5 Å². The van der Waals surface area contributed by atoms with Crippen LogP contribution in [0.3, 0.4) is 0 Å². The molecule has 0 aliphatic carbocycles. The van der Waals surface area contributed by atoms with Gasteiger partial charge in [-0.25, -0.2) is 0 Å². The maximum absolute atomic E-state index is 2.42. The van der Waals surface area contributed by atoms with Gasteiger partial charge in [-0.3, -0.25) is 0 Å². The molecule has 0 saturated carbocycles. The Balaban J connectivity index is 1.90. The van der Waals surface area contributed by atoms with Gasteiger partial charge in [0.1, 0.15) is 0 Å². The summed E-state index contributed by atoms with van der Waals surface area (Å²) in [7, 11) is 0. The molecule has 2 unspecified atom stereocenters. The van der Waals surface area contributed by atoms with Crippen LogP contribution < -0.4 is 0 Å². The fourth-order valence-electron chi connectivity index (χ4n) is 0.778. The van der Waals surface area contributed by atoms with E-state index in [9.17, 15) is 0 Å². The molecule has 0 aromatic carbocycles. The van der Waals surface area contributed by atoms with Gasteiger partial charge in [0, 0.05) is 0 Å². The van der Waals surface area contributed by atoms with E-state index in [1.54, 1.807) is 0 Å². The number of hydrogen-bond donors (Lipinski definition) is 0. The fraction of sp³-hybridized carbons (Fsp3) is 1.00. The molecule has 52 valence electrons. The molecule has 2 rings (SSSR count). The molecule has 0 nitrogen and oxygen atoms in total. The first kappa shape index (κ1) is 6.90. The monoisotopic (exact) mass is 226 g/mol. The van der Waals surface area contributed by atoms with Crippen molar-refractivity contribution in [3.8, 4) is 0 Å². The molecule has 0 radical (unpaired) electrons. The standard InChI is InChI=1S/C6H10S2Se/c1-5(3-7-5)9-6(2)4-8-6/h3-4H2,1-2H3. The molecule has 0 aromatic heterocycles. The summed E-state index contributed by atoms with van der Waals surface area (Å²) < 4.78 is 1.51. The summed E-state index contributed by atoms with van der Waals surface area (Å²) in [5, 5.41) is 0. The van der Waals surface area contributed by atoms with E-state index < -0.39 is 0 Å². The maximum atomic E-state index is 2.42. The van der Waals surface area contributed by atoms with Crippen LogP contribution in [0.2, 0.25) is 0 Å². The predicted molar refractivity (Wildman–Crippen MR) is 47.5 cm³/mol. The van der Waals surface area contributed by atoms with Crippen molar-refractivity contribution in [2.45, 2.75) is 21.1 Å². The van der Waals surface area contributed by atoms with E-state index in [4.69, 9.17) is 0 Å². The topological polar surface area (TPSA) is 0 Å². The van der Waals surface area contributed by atoms with Gasteiger partial charge in [-0.2, -0.15) is 0 Å². The molecule has 9 heavy (non-hydrogen) atoms. The molecular weight excluding hydrogens is 215 g/mol. The van der Waals surface area contributed by atoms with E-state index in [1.807, 2.05) is 0 Å². The van der Waals surface area contributed by atoms with Crippen LogP contribution in [0.5, 0.6) is 0 Å². The van der Waals surface area contributed by atoms with E-state index in [0.29, 0.717) is 0 Å². The van der Waals surface area contributed by atoms with Gasteiger partial charge in [-0.05, 0) is 0 Å². The van der Waals surface area contributed by atoms with Crippen LogP contribution in [0.4, 0.5) is 0 Å². The second-order valence-electron chi connectivity index (χ2n) is 2.95. The van der Waals surface area contributed by atoms with E-state index in [2.05, 4.69) is 37.4 Å². The van der Waals surface area contributed by atoms with Crippen molar-refractivity contribution in [1.82, 2.24) is 0 Å². The molecule has 0 bridgehead atoms. The summed E-state index contributed by atoms with van der Waals surface area (Å²) in [4.78, 5) is 0. The third-order valence-corrected chi connectivity index (χ3v) is 9.38. The van der Waals surface area contributed by atoms with Crippen LogP contribution in [0.25, 0.3) is 0 Å². The zero-order valence-corrected chi connectivity index (χ0v) is 8.99. The summed E-state index contributed by atoms with van der Waals surface area (Å²) in [6, 6.07) is 0. The Morgan fingerprint density at radius 2 is 1.44 bits per heavy atom. The van der Waals surface area contributed by atoms with Gasteiger partial charge in [0.2, 0.25) is 0 Å². The minimum absolute atomic E-state index is 0.755. The molecule has 0 aromatic rings. The Bertz CT molecular complexity index is 122. The third-order valence-electron chi connectivity index (χ3n) is 1.53. The summed E-state index contributed by atoms with van der Waals surface area (Å²) in [6.07, 6.45) is 0.